The van der Waals surface area contributed by atoms with Crippen molar-refractivity contribution in [3.63, 3.8) is 0 Å². The Morgan fingerprint density at radius 2 is 1.14 bits per heavy atom. The second kappa shape index (κ2) is 20.5. The molecule has 0 bridgehead atoms. The molecule has 3 saturated heterocycles. The van der Waals surface area contributed by atoms with Crippen LogP contribution in [0.3, 0.4) is 0 Å². The van der Waals surface area contributed by atoms with E-state index >= 15 is 0 Å². The number of hydrazone groups is 1. The van der Waals surface area contributed by atoms with E-state index in [0.717, 1.165) is 57.6 Å². The molecule has 0 spiro atoms. The molecule has 3 aliphatic rings. The number of likely N-dealkylation sites (tertiary alicyclic amines) is 3. The van der Waals surface area contributed by atoms with Crippen LogP contribution >= 0.6 is 0 Å². The number of hydrogen-bond acceptors (Lipinski definition) is 12. The summed E-state index contributed by atoms with van der Waals surface area (Å²) in [6.45, 7) is 17.0. The maximum absolute atomic E-state index is 11.3. The molecule has 7 N–H and O–H groups in total. The van der Waals surface area contributed by atoms with Gasteiger partial charge in [0.15, 0.2) is 0 Å². The second-order valence-corrected chi connectivity index (χ2v) is 12.8. The van der Waals surface area contributed by atoms with E-state index in [1.54, 1.807) is 20.8 Å². The largest absolute Gasteiger partial charge is 0.443 e. The zero-order valence-corrected chi connectivity index (χ0v) is 27.5. The van der Waals surface area contributed by atoms with Gasteiger partial charge in [-0.2, -0.15) is 5.10 Å². The highest BCUT2D eigenvalue weighted by Gasteiger charge is 2.17. The number of rotatable bonds is 2. The third kappa shape index (κ3) is 23.2. The van der Waals surface area contributed by atoms with Gasteiger partial charge in [0.2, 0.25) is 0 Å². The second-order valence-electron chi connectivity index (χ2n) is 12.8. The van der Waals surface area contributed by atoms with Crippen LogP contribution in [0.1, 0.15) is 80.1 Å². The standard InChI is InChI=1S/C11H21N3O2.C6H15N3.C6H11NO.C5H12N2O2/c1-11(2,3)16-10(15)13-12-9-5-7-14(4)8-6-9;1-9-4-2-6(8-7)3-5-9;1-7-4-2-6(8)3-5-7;1-5(2,3)9-4(8)7-6/h5-8H2,1-4H3,(H,13,15);6,8H,2-5,7H2,1H3;2-5H2,1H3;6H2,1-3H3,(H,7,8). The van der Waals surface area contributed by atoms with E-state index in [4.69, 9.17) is 21.2 Å². The predicted molar refractivity (Wildman–Crippen MR) is 167 cm³/mol. The fraction of sp³-hybridized carbons (Fsp3) is 0.857. The molecule has 14 nitrogen and oxygen atoms in total. The SMILES string of the molecule is CC(C)(C)OC(=O)NN.CN1CCC(=NNC(=O)OC(C)(C)C)CC1.CN1CCC(=O)CC1.CN1CCC(NN)CC1. The highest BCUT2D eigenvalue weighted by Crippen LogP contribution is 2.08. The third-order valence-corrected chi connectivity index (χ3v) is 6.28. The van der Waals surface area contributed by atoms with Crippen LogP contribution in [0.2, 0.25) is 0 Å². The zero-order chi connectivity index (χ0) is 32.3. The van der Waals surface area contributed by atoms with Crippen LogP contribution in [0, 0.1) is 0 Å². The molecule has 14 heteroatoms. The van der Waals surface area contributed by atoms with Gasteiger partial charge in [0.25, 0.3) is 0 Å². The first kappa shape index (κ1) is 39.6. The van der Waals surface area contributed by atoms with Gasteiger partial charge < -0.3 is 24.2 Å². The van der Waals surface area contributed by atoms with Crippen molar-refractivity contribution in [1.82, 2.24) is 31.0 Å². The number of ketones is 1. The number of hydrazine groups is 2. The lowest BCUT2D eigenvalue weighted by atomic mass is 10.1. The lowest BCUT2D eigenvalue weighted by molar-refractivity contribution is -0.121. The van der Waals surface area contributed by atoms with Gasteiger partial charge in [0.05, 0.1) is 0 Å². The first-order valence-corrected chi connectivity index (χ1v) is 14.7. The lowest BCUT2D eigenvalue weighted by Crippen LogP contribution is -2.43. The number of nitrogens with one attached hydrogen (secondary N) is 3. The number of carbonyl (C=O) groups is 3. The van der Waals surface area contributed by atoms with Crippen LogP contribution in [0.15, 0.2) is 5.10 Å². The fourth-order valence-electron chi connectivity index (χ4n) is 3.76. The van der Waals surface area contributed by atoms with Gasteiger partial charge in [-0.1, -0.05) is 0 Å². The summed E-state index contributed by atoms with van der Waals surface area (Å²) in [6.07, 6.45) is 4.62. The summed E-state index contributed by atoms with van der Waals surface area (Å²) in [5.74, 6) is 10.5. The number of ether oxygens (including phenoxy) is 2. The van der Waals surface area contributed by atoms with E-state index in [2.05, 4.69) is 44.7 Å². The first-order valence-electron chi connectivity index (χ1n) is 14.7. The monoisotopic (exact) mass is 601 g/mol. The number of carbonyl (C=O) groups excluding carboxylic acids is 3. The third-order valence-electron chi connectivity index (χ3n) is 6.28. The summed E-state index contributed by atoms with van der Waals surface area (Å²) >= 11 is 0. The van der Waals surface area contributed by atoms with Crippen molar-refractivity contribution in [2.45, 2.75) is 97.3 Å². The van der Waals surface area contributed by atoms with Crippen molar-refractivity contribution < 1.29 is 23.9 Å². The molecule has 0 aromatic rings. The Kier molecular flexibility index (Phi) is 19.4. The van der Waals surface area contributed by atoms with Crippen LogP contribution in [-0.2, 0) is 14.3 Å². The Morgan fingerprint density at radius 1 is 0.738 bits per heavy atom. The molecule has 3 fully saturated rings. The quantitative estimate of drug-likeness (QED) is 0.177. The Bertz CT molecular complexity index is 800. The van der Waals surface area contributed by atoms with Gasteiger partial charge in [-0.15, -0.1) is 0 Å². The van der Waals surface area contributed by atoms with Gasteiger partial charge in [-0.3, -0.25) is 21.5 Å². The van der Waals surface area contributed by atoms with Crippen LogP contribution in [-0.4, -0.2) is 116 Å². The molecule has 3 aliphatic heterocycles. The Hall–Kier alpha value is -2.36. The Balaban J connectivity index is 0.000000560. The molecule has 0 aromatic carbocycles. The molecule has 0 aromatic heterocycles. The van der Waals surface area contributed by atoms with Crippen molar-refractivity contribution in [3.8, 4) is 0 Å². The van der Waals surface area contributed by atoms with Crippen LogP contribution in [0.4, 0.5) is 9.59 Å². The summed E-state index contributed by atoms with van der Waals surface area (Å²) in [7, 11) is 6.28. The molecule has 3 rings (SSSR count). The molecule has 3 heterocycles. The van der Waals surface area contributed by atoms with E-state index < -0.39 is 23.4 Å². The molecule has 0 atom stereocenters. The highest BCUT2D eigenvalue weighted by atomic mass is 16.6. The zero-order valence-electron chi connectivity index (χ0n) is 27.5. The normalized spacial score (nSPS) is 19.0. The summed E-state index contributed by atoms with van der Waals surface area (Å²) in [6, 6.07) is 0.557. The molecule has 42 heavy (non-hydrogen) atoms. The predicted octanol–water partition coefficient (Wildman–Crippen LogP) is 1.80. The smallest absolute Gasteiger partial charge is 0.428 e. The molecule has 0 radical (unpaired) electrons. The Morgan fingerprint density at radius 3 is 1.50 bits per heavy atom. The number of amides is 2. The van der Waals surface area contributed by atoms with Crippen molar-refractivity contribution in [1.29, 1.82) is 0 Å². The lowest BCUT2D eigenvalue weighted by Gasteiger charge is -2.28. The molecular weight excluding hydrogens is 542 g/mol. The van der Waals surface area contributed by atoms with Gasteiger partial charge in [-0.25, -0.2) is 20.9 Å². The number of nitrogens with two attached hydrogens (primary N) is 2. The van der Waals surface area contributed by atoms with Gasteiger partial charge >= 0.3 is 12.2 Å². The number of nitrogens with zero attached hydrogens (tertiary/aromatic N) is 4. The van der Waals surface area contributed by atoms with Crippen LogP contribution < -0.4 is 28.0 Å². The van der Waals surface area contributed by atoms with Crippen LogP contribution in [0.5, 0.6) is 0 Å². The van der Waals surface area contributed by atoms with Gasteiger partial charge in [-0.05, 0) is 88.6 Å². The summed E-state index contributed by atoms with van der Waals surface area (Å²) in [5.41, 5.74) is 7.18. The average Bonchev–Trinajstić information content (AvgIpc) is 2.90. The van der Waals surface area contributed by atoms with Gasteiger partial charge in [0, 0.05) is 63.6 Å². The molecule has 0 saturated carbocycles. The van der Waals surface area contributed by atoms with Gasteiger partial charge in [0.1, 0.15) is 17.0 Å². The van der Waals surface area contributed by atoms with E-state index in [0.29, 0.717) is 11.8 Å². The molecule has 2 amide bonds. The number of piperidine rings is 3. The molecule has 0 unspecified atom stereocenters. The summed E-state index contributed by atoms with van der Waals surface area (Å²) in [5, 5.41) is 4.07. The van der Waals surface area contributed by atoms with E-state index in [9.17, 15) is 14.4 Å². The maximum atomic E-state index is 11.3. The van der Waals surface area contributed by atoms with Crippen molar-refractivity contribution in [2.24, 2.45) is 16.8 Å². The molecule has 0 aliphatic carbocycles. The topological polar surface area (TPSA) is 180 Å². The minimum atomic E-state index is -0.609. The van der Waals surface area contributed by atoms with Crippen molar-refractivity contribution >= 4 is 23.7 Å². The summed E-state index contributed by atoms with van der Waals surface area (Å²) in [4.78, 5) is 39.0. The first-order chi connectivity index (χ1) is 19.4. The highest BCUT2D eigenvalue weighted by molar-refractivity contribution is 5.86. The fourth-order valence-corrected chi connectivity index (χ4v) is 3.76. The van der Waals surface area contributed by atoms with Crippen molar-refractivity contribution in [3.05, 3.63) is 0 Å². The minimum absolute atomic E-state index is 0.420. The minimum Gasteiger partial charge on any atom is -0.443 e. The van der Waals surface area contributed by atoms with E-state index in [1.165, 1.54) is 25.9 Å². The maximum Gasteiger partial charge on any atom is 0.428 e. The van der Waals surface area contributed by atoms with Crippen molar-refractivity contribution in [2.75, 3.05) is 60.4 Å². The van der Waals surface area contributed by atoms with E-state index in [-0.39, 0.29) is 0 Å². The summed E-state index contributed by atoms with van der Waals surface area (Å²) < 4.78 is 9.79. The van der Waals surface area contributed by atoms with Crippen LogP contribution in [0.25, 0.3) is 0 Å². The average molecular weight is 602 g/mol. The molecule has 246 valence electrons. The Labute approximate surface area is 253 Å². The molecular formula is C28H59N9O5. The number of hydrogen-bond donors (Lipinski definition) is 5. The van der Waals surface area contributed by atoms with E-state index in [1.807, 2.05) is 33.2 Å². The number of Topliss-reactive ketones (excluding diaryl/α,β-unsaturated/α-hetero) is 1.